The predicted octanol–water partition coefficient (Wildman–Crippen LogP) is 5.57. The van der Waals surface area contributed by atoms with Crippen molar-refractivity contribution in [3.63, 3.8) is 0 Å². The summed E-state index contributed by atoms with van der Waals surface area (Å²) in [6.07, 6.45) is 0.701. The van der Waals surface area contributed by atoms with Gasteiger partial charge in [-0.3, -0.25) is 4.79 Å². The van der Waals surface area contributed by atoms with E-state index in [1.165, 1.54) is 31.4 Å². The van der Waals surface area contributed by atoms with E-state index in [0.29, 0.717) is 47.8 Å². The number of ether oxygens (including phenoxy) is 4. The van der Waals surface area contributed by atoms with Gasteiger partial charge in [-0.25, -0.2) is 8.78 Å². The first-order valence-corrected chi connectivity index (χ1v) is 10.9. The monoisotopic (exact) mass is 468 g/mol. The molecule has 1 aliphatic carbocycles. The number of benzene rings is 3. The highest BCUT2D eigenvalue weighted by Crippen LogP contribution is 2.44. The van der Waals surface area contributed by atoms with E-state index < -0.39 is 17.7 Å². The molecule has 0 bridgehead atoms. The van der Waals surface area contributed by atoms with Crippen molar-refractivity contribution in [3.05, 3.63) is 76.9 Å². The van der Waals surface area contributed by atoms with Gasteiger partial charge in [0.25, 0.3) is 0 Å². The fraction of sp³-hybridized carbons (Fsp3) is 0.269. The first-order valence-electron chi connectivity index (χ1n) is 10.9. The fourth-order valence-electron chi connectivity index (χ4n) is 4.49. The average molecular weight is 468 g/mol. The van der Waals surface area contributed by atoms with Crippen LogP contribution in [-0.4, -0.2) is 24.8 Å². The molecule has 0 saturated heterocycles. The smallest absolute Gasteiger partial charge is 0.306 e. The van der Waals surface area contributed by atoms with Crippen LogP contribution < -0.4 is 14.2 Å². The first-order chi connectivity index (χ1) is 16.4. The first kappa shape index (κ1) is 22.0. The second-order valence-electron chi connectivity index (χ2n) is 8.29. The lowest BCUT2D eigenvalue weighted by molar-refractivity contribution is -0.141. The Morgan fingerprint density at radius 1 is 1.09 bits per heavy atom. The molecule has 2 unspecified atom stereocenters. The van der Waals surface area contributed by atoms with E-state index in [1.54, 1.807) is 12.1 Å². The number of hydrogen-bond donors (Lipinski definition) is 1. The van der Waals surface area contributed by atoms with E-state index in [-0.39, 0.29) is 29.8 Å². The van der Waals surface area contributed by atoms with Gasteiger partial charge in [-0.1, -0.05) is 6.07 Å². The van der Waals surface area contributed by atoms with E-state index in [2.05, 4.69) is 0 Å². The van der Waals surface area contributed by atoms with Gasteiger partial charge in [0.2, 0.25) is 0 Å². The van der Waals surface area contributed by atoms with Crippen LogP contribution >= 0.6 is 0 Å². The number of phenolic OH excluding ortho intramolecular Hbond substituents is 1. The van der Waals surface area contributed by atoms with E-state index in [9.17, 15) is 18.7 Å². The van der Waals surface area contributed by atoms with E-state index in [4.69, 9.17) is 18.9 Å². The minimum absolute atomic E-state index is 0.0618. The molecule has 1 heterocycles. The molecular formula is C26H22F2O6. The number of esters is 1. The number of rotatable bonds is 6. The van der Waals surface area contributed by atoms with Gasteiger partial charge < -0.3 is 24.1 Å². The van der Waals surface area contributed by atoms with Crippen LogP contribution in [0.3, 0.4) is 0 Å². The summed E-state index contributed by atoms with van der Waals surface area (Å²) in [5.41, 5.74) is 1.90. The van der Waals surface area contributed by atoms with Crippen LogP contribution in [0, 0.1) is 11.6 Å². The zero-order valence-electron chi connectivity index (χ0n) is 18.3. The van der Waals surface area contributed by atoms with Gasteiger partial charge in [-0.05, 0) is 43.2 Å². The standard InChI is InChI=1S/C26H22F2O6/c1-31-25(30)10-14-13-32-24-12-16(3-4-17(14)24)33-23-8-5-18-21(9-6-19(27)26(18)23)34-22-7-2-15(29)11-20(22)28/h2-4,6-7,9,11-12,14,23,29H,5,8,10,13H2,1H3. The summed E-state index contributed by atoms with van der Waals surface area (Å²) >= 11 is 0. The minimum atomic E-state index is -0.715. The molecule has 2 aliphatic rings. The third kappa shape index (κ3) is 4.11. The van der Waals surface area contributed by atoms with E-state index in [0.717, 1.165) is 11.6 Å². The van der Waals surface area contributed by atoms with Crippen molar-refractivity contribution in [2.24, 2.45) is 0 Å². The number of carbonyl (C=O) groups is 1. The fourth-order valence-corrected chi connectivity index (χ4v) is 4.49. The molecule has 8 heteroatoms. The number of phenols is 1. The van der Waals surface area contributed by atoms with E-state index >= 15 is 0 Å². The Morgan fingerprint density at radius 2 is 1.91 bits per heavy atom. The minimum Gasteiger partial charge on any atom is -0.508 e. The molecule has 1 N–H and O–H groups in total. The highest BCUT2D eigenvalue weighted by molar-refractivity contribution is 5.71. The molecule has 2 atom stereocenters. The number of hydrogen-bond acceptors (Lipinski definition) is 6. The van der Waals surface area contributed by atoms with Gasteiger partial charge in [0, 0.05) is 34.7 Å². The Balaban J connectivity index is 1.36. The van der Waals surface area contributed by atoms with Crippen LogP contribution in [0.2, 0.25) is 0 Å². The average Bonchev–Trinajstić information content (AvgIpc) is 3.42. The number of methoxy groups -OCH3 is 1. The molecular weight excluding hydrogens is 446 g/mol. The lowest BCUT2D eigenvalue weighted by Gasteiger charge is -2.17. The summed E-state index contributed by atoms with van der Waals surface area (Å²) in [6.45, 7) is 0.378. The maximum atomic E-state index is 14.8. The lowest BCUT2D eigenvalue weighted by Crippen LogP contribution is -2.09. The zero-order valence-corrected chi connectivity index (χ0v) is 18.3. The normalized spacial score (nSPS) is 18.1. The van der Waals surface area contributed by atoms with Crippen molar-refractivity contribution < 1.29 is 37.6 Å². The summed E-state index contributed by atoms with van der Waals surface area (Å²) in [7, 11) is 1.35. The molecule has 34 heavy (non-hydrogen) atoms. The Hall–Kier alpha value is -3.81. The van der Waals surface area contributed by atoms with Gasteiger partial charge in [-0.2, -0.15) is 0 Å². The van der Waals surface area contributed by atoms with Crippen molar-refractivity contribution in [2.75, 3.05) is 13.7 Å². The number of fused-ring (bicyclic) bond motifs is 2. The molecule has 0 aromatic heterocycles. The van der Waals surface area contributed by atoms with Gasteiger partial charge >= 0.3 is 5.97 Å². The summed E-state index contributed by atoms with van der Waals surface area (Å²) in [5, 5.41) is 9.40. The maximum absolute atomic E-state index is 14.8. The Kier molecular flexibility index (Phi) is 5.73. The van der Waals surface area contributed by atoms with Crippen LogP contribution in [0.4, 0.5) is 8.78 Å². The molecule has 0 fully saturated rings. The summed E-state index contributed by atoms with van der Waals surface area (Å²) in [6, 6.07) is 11.7. The molecule has 0 radical (unpaired) electrons. The number of halogens is 2. The topological polar surface area (TPSA) is 74.2 Å². The third-order valence-corrected chi connectivity index (χ3v) is 6.16. The summed E-state index contributed by atoms with van der Waals surface area (Å²) in [4.78, 5) is 11.6. The Morgan fingerprint density at radius 3 is 2.71 bits per heavy atom. The van der Waals surface area contributed by atoms with Crippen molar-refractivity contribution in [2.45, 2.75) is 31.3 Å². The number of carbonyl (C=O) groups excluding carboxylic acids is 1. The van der Waals surface area contributed by atoms with Crippen LogP contribution in [0.15, 0.2) is 48.5 Å². The second kappa shape index (κ2) is 8.85. The summed E-state index contributed by atoms with van der Waals surface area (Å²) < 4.78 is 51.2. The van der Waals surface area contributed by atoms with Crippen molar-refractivity contribution in [1.82, 2.24) is 0 Å². The van der Waals surface area contributed by atoms with Crippen molar-refractivity contribution in [3.8, 4) is 28.7 Å². The largest absolute Gasteiger partial charge is 0.508 e. The van der Waals surface area contributed by atoms with Gasteiger partial charge in [-0.15, -0.1) is 0 Å². The molecule has 5 rings (SSSR count). The molecule has 1 aliphatic heterocycles. The summed E-state index contributed by atoms with van der Waals surface area (Å²) in [5.74, 6) is -0.304. The molecule has 0 spiro atoms. The van der Waals surface area contributed by atoms with Crippen LogP contribution in [0.1, 0.15) is 41.6 Å². The number of aromatic hydroxyl groups is 1. The molecule has 0 amide bonds. The zero-order chi connectivity index (χ0) is 23.8. The molecule has 6 nitrogen and oxygen atoms in total. The highest BCUT2D eigenvalue weighted by atomic mass is 19.1. The van der Waals surface area contributed by atoms with Crippen LogP contribution in [-0.2, 0) is 16.0 Å². The van der Waals surface area contributed by atoms with Crippen LogP contribution in [0.5, 0.6) is 28.7 Å². The second-order valence-corrected chi connectivity index (χ2v) is 8.29. The van der Waals surface area contributed by atoms with Crippen molar-refractivity contribution in [1.29, 1.82) is 0 Å². The Bertz CT molecular complexity index is 1260. The Labute approximate surface area is 194 Å². The van der Waals surface area contributed by atoms with Crippen molar-refractivity contribution >= 4 is 5.97 Å². The van der Waals surface area contributed by atoms with E-state index in [1.807, 2.05) is 6.07 Å². The van der Waals surface area contributed by atoms with Gasteiger partial charge in [0.1, 0.15) is 34.9 Å². The highest BCUT2D eigenvalue weighted by Gasteiger charge is 2.32. The molecule has 0 saturated carbocycles. The van der Waals surface area contributed by atoms with Gasteiger partial charge in [0.05, 0.1) is 20.1 Å². The molecule has 176 valence electrons. The quantitative estimate of drug-likeness (QED) is 0.477. The SMILES string of the molecule is COC(=O)CC1COc2cc(OC3CCc4c(Oc5ccc(O)cc5F)ccc(F)c43)ccc21. The third-order valence-electron chi connectivity index (χ3n) is 6.16. The van der Waals surface area contributed by atoms with Gasteiger partial charge in [0.15, 0.2) is 11.6 Å². The predicted molar refractivity (Wildman–Crippen MR) is 118 cm³/mol. The molecule has 3 aromatic carbocycles. The molecule has 3 aromatic rings. The maximum Gasteiger partial charge on any atom is 0.306 e. The lowest BCUT2D eigenvalue weighted by atomic mass is 9.98. The van der Waals surface area contributed by atoms with Crippen LogP contribution in [0.25, 0.3) is 0 Å².